The van der Waals surface area contributed by atoms with Crippen molar-refractivity contribution >= 4 is 0 Å². The molecule has 1 atom stereocenters. The van der Waals surface area contributed by atoms with Crippen LogP contribution in [0.3, 0.4) is 0 Å². The average molecular weight is 293 g/mol. The summed E-state index contributed by atoms with van der Waals surface area (Å²) in [5, 5.41) is 8.33. The second-order valence-electron chi connectivity index (χ2n) is 6.95. The van der Waals surface area contributed by atoms with E-state index in [9.17, 15) is 0 Å². The van der Waals surface area contributed by atoms with Crippen LogP contribution in [-0.4, -0.2) is 15.0 Å². The summed E-state index contributed by atoms with van der Waals surface area (Å²) in [6.45, 7) is 10.3. The molecule has 0 fully saturated rings. The monoisotopic (exact) mass is 293 g/mol. The van der Waals surface area contributed by atoms with Crippen LogP contribution in [0.15, 0.2) is 6.20 Å². The Kier molecular flexibility index (Phi) is 9.36. The van der Waals surface area contributed by atoms with E-state index in [2.05, 4.69) is 42.7 Å². The summed E-state index contributed by atoms with van der Waals surface area (Å²) >= 11 is 0. The van der Waals surface area contributed by atoms with E-state index in [1.807, 2.05) is 6.20 Å². The second kappa shape index (κ2) is 10.8. The lowest BCUT2D eigenvalue weighted by Gasteiger charge is -2.09. The average Bonchev–Trinajstić information content (AvgIpc) is 2.90. The number of aromatic nitrogens is 3. The molecule has 21 heavy (non-hydrogen) atoms. The molecular weight excluding hydrogens is 258 g/mol. The molecule has 0 bridgehead atoms. The Labute approximate surface area is 131 Å². The standard InChI is InChI=1S/C18H35N3/c1-5-17(4)12-7-6-8-13-18-15-19-20-21(18)14-10-9-11-16(2)3/h15-17H,5-14H2,1-4H3. The van der Waals surface area contributed by atoms with E-state index in [4.69, 9.17) is 0 Å². The molecule has 0 aliphatic carbocycles. The fraction of sp³-hybridized carbons (Fsp3) is 0.889. The normalized spacial score (nSPS) is 13.0. The van der Waals surface area contributed by atoms with Crippen molar-refractivity contribution in [2.75, 3.05) is 0 Å². The van der Waals surface area contributed by atoms with Crippen LogP contribution in [0.1, 0.15) is 84.8 Å². The van der Waals surface area contributed by atoms with Gasteiger partial charge in [0.1, 0.15) is 0 Å². The summed E-state index contributed by atoms with van der Waals surface area (Å²) in [6, 6.07) is 0. The van der Waals surface area contributed by atoms with Gasteiger partial charge in [-0.15, -0.1) is 5.10 Å². The summed E-state index contributed by atoms with van der Waals surface area (Å²) in [4.78, 5) is 0. The highest BCUT2D eigenvalue weighted by Crippen LogP contribution is 2.14. The molecule has 122 valence electrons. The predicted octanol–water partition coefficient (Wildman–Crippen LogP) is 5.25. The fourth-order valence-corrected chi connectivity index (χ4v) is 2.65. The van der Waals surface area contributed by atoms with Crippen LogP contribution >= 0.6 is 0 Å². The van der Waals surface area contributed by atoms with Crippen LogP contribution in [0.4, 0.5) is 0 Å². The van der Waals surface area contributed by atoms with Gasteiger partial charge in [-0.3, -0.25) is 0 Å². The molecule has 1 unspecified atom stereocenters. The lowest BCUT2D eigenvalue weighted by atomic mass is 10.00. The van der Waals surface area contributed by atoms with Gasteiger partial charge in [0.05, 0.1) is 11.9 Å². The quantitative estimate of drug-likeness (QED) is 0.492. The zero-order valence-corrected chi connectivity index (χ0v) is 14.6. The third kappa shape index (κ3) is 8.23. The van der Waals surface area contributed by atoms with Crippen LogP contribution in [0, 0.1) is 11.8 Å². The molecule has 0 saturated carbocycles. The molecule has 3 heteroatoms. The summed E-state index contributed by atoms with van der Waals surface area (Å²) < 4.78 is 2.12. The molecule has 1 heterocycles. The van der Waals surface area contributed by atoms with Crippen LogP contribution in [0.2, 0.25) is 0 Å². The lowest BCUT2D eigenvalue weighted by Crippen LogP contribution is -2.06. The molecule has 1 rings (SSSR count). The SMILES string of the molecule is CCC(C)CCCCCc1cnnn1CCCCC(C)C. The van der Waals surface area contributed by atoms with Gasteiger partial charge in [-0.2, -0.15) is 0 Å². The minimum Gasteiger partial charge on any atom is -0.249 e. The van der Waals surface area contributed by atoms with E-state index >= 15 is 0 Å². The van der Waals surface area contributed by atoms with Gasteiger partial charge in [0.25, 0.3) is 0 Å². The first kappa shape index (κ1) is 18.2. The fourth-order valence-electron chi connectivity index (χ4n) is 2.65. The smallest absolute Gasteiger partial charge is 0.0725 e. The van der Waals surface area contributed by atoms with Gasteiger partial charge in [-0.05, 0) is 31.1 Å². The van der Waals surface area contributed by atoms with E-state index in [0.717, 1.165) is 24.8 Å². The molecule has 0 aromatic carbocycles. The van der Waals surface area contributed by atoms with Gasteiger partial charge in [-0.1, -0.05) is 71.4 Å². The third-order valence-electron chi connectivity index (χ3n) is 4.43. The van der Waals surface area contributed by atoms with Crippen LogP contribution in [-0.2, 0) is 13.0 Å². The number of nitrogens with zero attached hydrogens (tertiary/aromatic N) is 3. The van der Waals surface area contributed by atoms with Crippen molar-refractivity contribution in [3.8, 4) is 0 Å². The molecule has 0 aliphatic heterocycles. The minimum absolute atomic E-state index is 0.811. The van der Waals surface area contributed by atoms with E-state index in [-0.39, 0.29) is 0 Å². The first-order valence-corrected chi connectivity index (χ1v) is 9.00. The van der Waals surface area contributed by atoms with E-state index in [1.54, 1.807) is 0 Å². The molecule has 0 saturated heterocycles. The van der Waals surface area contributed by atoms with Gasteiger partial charge >= 0.3 is 0 Å². The Morgan fingerprint density at radius 3 is 2.48 bits per heavy atom. The van der Waals surface area contributed by atoms with E-state index < -0.39 is 0 Å². The molecule has 0 radical (unpaired) electrons. The first-order valence-electron chi connectivity index (χ1n) is 9.00. The number of rotatable bonds is 12. The maximum atomic E-state index is 4.24. The van der Waals surface area contributed by atoms with Crippen molar-refractivity contribution in [3.05, 3.63) is 11.9 Å². The zero-order chi connectivity index (χ0) is 15.5. The predicted molar refractivity (Wildman–Crippen MR) is 90.3 cm³/mol. The summed E-state index contributed by atoms with van der Waals surface area (Å²) in [5.41, 5.74) is 1.32. The van der Waals surface area contributed by atoms with Gasteiger partial charge in [0, 0.05) is 6.54 Å². The summed E-state index contributed by atoms with van der Waals surface area (Å²) in [6.07, 6.45) is 13.6. The van der Waals surface area contributed by atoms with Crippen molar-refractivity contribution in [2.24, 2.45) is 11.8 Å². The molecule has 3 nitrogen and oxygen atoms in total. The van der Waals surface area contributed by atoms with E-state index in [1.165, 1.54) is 57.1 Å². The Morgan fingerprint density at radius 2 is 1.76 bits per heavy atom. The molecule has 1 aromatic rings. The molecule has 0 N–H and O–H groups in total. The van der Waals surface area contributed by atoms with Gasteiger partial charge in [-0.25, -0.2) is 4.68 Å². The van der Waals surface area contributed by atoms with Crippen molar-refractivity contribution in [2.45, 2.75) is 92.0 Å². The summed E-state index contributed by atoms with van der Waals surface area (Å²) in [5.74, 6) is 1.70. The highest BCUT2D eigenvalue weighted by Gasteiger charge is 2.04. The highest BCUT2D eigenvalue weighted by atomic mass is 15.4. The third-order valence-corrected chi connectivity index (χ3v) is 4.43. The van der Waals surface area contributed by atoms with E-state index in [0.29, 0.717) is 0 Å². The number of aryl methyl sites for hydroxylation is 2. The molecular formula is C18H35N3. The maximum Gasteiger partial charge on any atom is 0.0725 e. The topological polar surface area (TPSA) is 30.7 Å². The molecule has 1 aromatic heterocycles. The maximum absolute atomic E-state index is 4.24. The van der Waals surface area contributed by atoms with Crippen molar-refractivity contribution < 1.29 is 0 Å². The Bertz CT molecular complexity index is 357. The van der Waals surface area contributed by atoms with Gasteiger partial charge < -0.3 is 0 Å². The van der Waals surface area contributed by atoms with Crippen molar-refractivity contribution in [3.63, 3.8) is 0 Å². The molecule has 0 amide bonds. The van der Waals surface area contributed by atoms with Crippen LogP contribution < -0.4 is 0 Å². The van der Waals surface area contributed by atoms with Crippen LogP contribution in [0.25, 0.3) is 0 Å². The summed E-state index contributed by atoms with van der Waals surface area (Å²) in [7, 11) is 0. The number of unbranched alkanes of at least 4 members (excludes halogenated alkanes) is 3. The highest BCUT2D eigenvalue weighted by molar-refractivity contribution is 4.93. The number of hydrogen-bond acceptors (Lipinski definition) is 2. The Morgan fingerprint density at radius 1 is 1.00 bits per heavy atom. The molecule has 0 aliphatic rings. The minimum atomic E-state index is 0.811. The molecule has 0 spiro atoms. The Balaban J connectivity index is 2.16. The van der Waals surface area contributed by atoms with Crippen LogP contribution in [0.5, 0.6) is 0 Å². The Hall–Kier alpha value is -0.860. The van der Waals surface area contributed by atoms with Crippen molar-refractivity contribution in [1.82, 2.24) is 15.0 Å². The van der Waals surface area contributed by atoms with Crippen molar-refractivity contribution in [1.29, 1.82) is 0 Å². The zero-order valence-electron chi connectivity index (χ0n) is 14.6. The second-order valence-corrected chi connectivity index (χ2v) is 6.95. The largest absolute Gasteiger partial charge is 0.249 e. The van der Waals surface area contributed by atoms with Gasteiger partial charge in [0.2, 0.25) is 0 Å². The first-order chi connectivity index (χ1) is 10.1. The van der Waals surface area contributed by atoms with Gasteiger partial charge in [0.15, 0.2) is 0 Å². The number of hydrogen-bond donors (Lipinski definition) is 0. The lowest BCUT2D eigenvalue weighted by molar-refractivity contribution is 0.464.